The number of aromatic nitrogens is 3. The number of hydrogen-bond acceptors (Lipinski definition) is 3. The maximum atomic E-state index is 12.8. The molecule has 23 heavy (non-hydrogen) atoms. The summed E-state index contributed by atoms with van der Waals surface area (Å²) in [6.45, 7) is 1.51. The van der Waals surface area contributed by atoms with Crippen molar-refractivity contribution in [3.05, 3.63) is 42.4 Å². The molecule has 0 amide bonds. The summed E-state index contributed by atoms with van der Waals surface area (Å²) in [5, 5.41) is 4.34. The highest BCUT2D eigenvalue weighted by atomic mass is 19.4. The van der Waals surface area contributed by atoms with E-state index in [1.54, 1.807) is 12.3 Å². The summed E-state index contributed by atoms with van der Waals surface area (Å²) < 4.78 is 40.5. The predicted molar refractivity (Wildman–Crippen MR) is 78.9 cm³/mol. The van der Waals surface area contributed by atoms with E-state index in [2.05, 4.69) is 10.1 Å². The number of rotatable bonds is 2. The van der Waals surface area contributed by atoms with E-state index in [1.807, 2.05) is 21.8 Å². The first-order valence-corrected chi connectivity index (χ1v) is 7.81. The molecule has 2 aromatic heterocycles. The lowest BCUT2D eigenvalue weighted by molar-refractivity contribution is -0.141. The van der Waals surface area contributed by atoms with Crippen molar-refractivity contribution >= 4 is 5.82 Å². The molecule has 4 rings (SSSR count). The van der Waals surface area contributed by atoms with Gasteiger partial charge >= 0.3 is 6.18 Å². The lowest BCUT2D eigenvalue weighted by Gasteiger charge is -2.22. The summed E-state index contributed by atoms with van der Waals surface area (Å²) in [4.78, 5) is 5.81. The minimum Gasteiger partial charge on any atom is -0.356 e. The van der Waals surface area contributed by atoms with Crippen LogP contribution in [0, 0.1) is 11.8 Å². The average Bonchev–Trinajstić information content (AvgIpc) is 3.22. The first kappa shape index (κ1) is 14.5. The molecule has 0 bridgehead atoms. The first-order valence-electron chi connectivity index (χ1n) is 7.81. The maximum Gasteiger partial charge on any atom is 0.433 e. The van der Waals surface area contributed by atoms with Crippen LogP contribution in [0.4, 0.5) is 19.0 Å². The first-order chi connectivity index (χ1) is 11.0. The van der Waals surface area contributed by atoms with Gasteiger partial charge in [-0.2, -0.15) is 18.3 Å². The van der Waals surface area contributed by atoms with Crippen LogP contribution in [-0.2, 0) is 6.18 Å². The zero-order valence-electron chi connectivity index (χ0n) is 12.4. The molecule has 2 fully saturated rings. The van der Waals surface area contributed by atoms with Crippen molar-refractivity contribution in [1.82, 2.24) is 14.8 Å². The van der Waals surface area contributed by atoms with Gasteiger partial charge < -0.3 is 4.90 Å². The highest BCUT2D eigenvalue weighted by Crippen LogP contribution is 2.45. The minimum absolute atomic E-state index is 0.339. The van der Waals surface area contributed by atoms with E-state index in [9.17, 15) is 13.2 Å². The number of anilines is 1. The van der Waals surface area contributed by atoms with Crippen LogP contribution in [0.2, 0.25) is 0 Å². The second-order valence-electron chi connectivity index (χ2n) is 6.34. The van der Waals surface area contributed by atoms with Crippen LogP contribution in [0.15, 0.2) is 36.7 Å². The number of pyridine rings is 1. The molecule has 7 heteroatoms. The lowest BCUT2D eigenvalue weighted by Crippen LogP contribution is -2.25. The molecule has 2 aliphatic rings. The van der Waals surface area contributed by atoms with Gasteiger partial charge in [0.1, 0.15) is 11.5 Å². The summed E-state index contributed by atoms with van der Waals surface area (Å²) in [6, 6.07) is 6.37. The van der Waals surface area contributed by atoms with Crippen LogP contribution in [0.5, 0.6) is 0 Å². The Balaban J connectivity index is 1.55. The highest BCUT2D eigenvalue weighted by molar-refractivity contribution is 5.41. The highest BCUT2D eigenvalue weighted by Gasteiger charge is 2.44. The van der Waals surface area contributed by atoms with Gasteiger partial charge in [0.2, 0.25) is 0 Å². The van der Waals surface area contributed by atoms with E-state index in [-0.39, 0.29) is 0 Å². The van der Waals surface area contributed by atoms with Crippen molar-refractivity contribution in [1.29, 1.82) is 0 Å². The Morgan fingerprint density at radius 2 is 1.96 bits per heavy atom. The Kier molecular flexibility index (Phi) is 3.32. The van der Waals surface area contributed by atoms with E-state index in [4.69, 9.17) is 0 Å². The van der Waals surface area contributed by atoms with Gasteiger partial charge in [0.25, 0.3) is 0 Å². The Bertz CT molecular complexity index is 683. The minimum atomic E-state index is -4.40. The Hall–Kier alpha value is -2.05. The number of nitrogens with zero attached hydrogens (tertiary/aromatic N) is 4. The Labute approximate surface area is 131 Å². The molecular formula is C16H17F3N4. The molecule has 1 aliphatic heterocycles. The average molecular weight is 322 g/mol. The zero-order chi connectivity index (χ0) is 16.0. The predicted octanol–water partition coefficient (Wildman–Crippen LogP) is 3.38. The van der Waals surface area contributed by atoms with Gasteiger partial charge in [0, 0.05) is 31.4 Å². The summed E-state index contributed by atoms with van der Waals surface area (Å²) >= 11 is 0. The largest absolute Gasteiger partial charge is 0.433 e. The molecule has 0 unspecified atom stereocenters. The molecule has 4 nitrogen and oxygen atoms in total. The summed E-state index contributed by atoms with van der Waals surface area (Å²) in [7, 11) is 0. The van der Waals surface area contributed by atoms with Gasteiger partial charge in [0.05, 0.1) is 6.04 Å². The number of hydrogen-bond donors (Lipinski definition) is 0. The van der Waals surface area contributed by atoms with Crippen LogP contribution < -0.4 is 4.90 Å². The fourth-order valence-corrected chi connectivity index (χ4v) is 3.99. The standard InChI is InChI=1S/C16H17F3N4/c17-16(18,19)14-3-1-4-15(21-14)22-9-11-5-6-13(12(11)10-22)23-8-2-7-20-23/h1-4,7-8,11-13H,5-6,9-10H2/t11-,12+,13+/m1/s1. The molecule has 3 atom stereocenters. The topological polar surface area (TPSA) is 34.0 Å². The molecule has 0 aromatic carbocycles. The van der Waals surface area contributed by atoms with Crippen LogP contribution in [-0.4, -0.2) is 27.9 Å². The van der Waals surface area contributed by atoms with Crippen LogP contribution in [0.25, 0.3) is 0 Å². The smallest absolute Gasteiger partial charge is 0.356 e. The Morgan fingerprint density at radius 3 is 2.70 bits per heavy atom. The summed E-state index contributed by atoms with van der Waals surface area (Å²) in [5.41, 5.74) is -0.823. The molecule has 0 N–H and O–H groups in total. The Morgan fingerprint density at radius 1 is 1.09 bits per heavy atom. The quantitative estimate of drug-likeness (QED) is 0.850. The molecule has 122 valence electrons. The molecular weight excluding hydrogens is 305 g/mol. The lowest BCUT2D eigenvalue weighted by atomic mass is 9.98. The normalized spacial score (nSPS) is 27.4. The molecule has 0 spiro atoms. The molecule has 1 saturated carbocycles. The second-order valence-corrected chi connectivity index (χ2v) is 6.34. The second kappa shape index (κ2) is 5.25. The van der Waals surface area contributed by atoms with Gasteiger partial charge in [0.15, 0.2) is 0 Å². The fraction of sp³-hybridized carbons (Fsp3) is 0.500. The molecule has 0 radical (unpaired) electrons. The number of alkyl halides is 3. The third-order valence-corrected chi connectivity index (χ3v) is 5.03. The maximum absolute atomic E-state index is 12.8. The van der Waals surface area contributed by atoms with E-state index >= 15 is 0 Å². The third kappa shape index (κ3) is 2.58. The van der Waals surface area contributed by atoms with Crippen molar-refractivity contribution in [2.45, 2.75) is 25.1 Å². The summed E-state index contributed by atoms with van der Waals surface area (Å²) in [6.07, 6.45) is 1.52. The van der Waals surface area contributed by atoms with Gasteiger partial charge in [-0.1, -0.05) is 6.07 Å². The SMILES string of the molecule is FC(F)(F)c1cccc(N2C[C@H]3CC[C@H](n4cccn4)[C@H]3C2)n1. The van der Waals surface area contributed by atoms with Crippen molar-refractivity contribution in [2.75, 3.05) is 18.0 Å². The number of halogens is 3. The molecule has 3 heterocycles. The van der Waals surface area contributed by atoms with Crippen molar-refractivity contribution in [3.8, 4) is 0 Å². The third-order valence-electron chi connectivity index (χ3n) is 5.03. The summed E-state index contributed by atoms with van der Waals surface area (Å²) in [5.74, 6) is 1.35. The van der Waals surface area contributed by atoms with E-state index in [0.29, 0.717) is 23.7 Å². The van der Waals surface area contributed by atoms with Crippen molar-refractivity contribution < 1.29 is 13.2 Å². The molecule has 1 aliphatic carbocycles. The zero-order valence-corrected chi connectivity index (χ0v) is 12.4. The van der Waals surface area contributed by atoms with E-state index < -0.39 is 11.9 Å². The van der Waals surface area contributed by atoms with Gasteiger partial charge in [-0.15, -0.1) is 0 Å². The fourth-order valence-electron chi connectivity index (χ4n) is 3.99. The van der Waals surface area contributed by atoms with Crippen LogP contribution in [0.3, 0.4) is 0 Å². The monoisotopic (exact) mass is 322 g/mol. The van der Waals surface area contributed by atoms with Gasteiger partial charge in [-0.25, -0.2) is 4.98 Å². The van der Waals surface area contributed by atoms with Crippen molar-refractivity contribution in [2.24, 2.45) is 11.8 Å². The molecule has 1 saturated heterocycles. The van der Waals surface area contributed by atoms with E-state index in [0.717, 1.165) is 32.0 Å². The van der Waals surface area contributed by atoms with Crippen LogP contribution in [0.1, 0.15) is 24.6 Å². The van der Waals surface area contributed by atoms with Gasteiger partial charge in [-0.3, -0.25) is 4.68 Å². The number of fused-ring (bicyclic) bond motifs is 1. The van der Waals surface area contributed by atoms with Crippen LogP contribution >= 0.6 is 0 Å². The van der Waals surface area contributed by atoms with Crippen molar-refractivity contribution in [3.63, 3.8) is 0 Å². The van der Waals surface area contributed by atoms with Gasteiger partial charge in [-0.05, 0) is 37.0 Å². The van der Waals surface area contributed by atoms with E-state index in [1.165, 1.54) is 6.07 Å². The molecule has 2 aromatic rings.